The van der Waals surface area contributed by atoms with Crippen molar-refractivity contribution >= 4 is 27.3 Å². The van der Waals surface area contributed by atoms with Crippen LogP contribution in [0.4, 0.5) is 0 Å². The molecule has 1 unspecified atom stereocenters. The minimum Gasteiger partial charge on any atom is -0.493 e. The Kier molecular flexibility index (Phi) is 3.91. The molecule has 2 aromatic rings. The number of aryl methyl sites for hydroxylation is 1. The molecule has 1 aliphatic heterocycles. The molecule has 0 amide bonds. The fourth-order valence-corrected chi connectivity index (χ4v) is 4.12. The van der Waals surface area contributed by atoms with Crippen LogP contribution >= 0.6 is 27.3 Å². The maximum Gasteiger partial charge on any atom is 0.122 e. The molecule has 0 bridgehead atoms. The summed E-state index contributed by atoms with van der Waals surface area (Å²) in [6, 6.07) is 8.68. The first kappa shape index (κ1) is 13.2. The van der Waals surface area contributed by atoms with Gasteiger partial charge in [-0.25, -0.2) is 0 Å². The summed E-state index contributed by atoms with van der Waals surface area (Å²) in [5, 5.41) is 2.08. The Balaban J connectivity index is 1.65. The first-order chi connectivity index (χ1) is 9.24. The zero-order valence-corrected chi connectivity index (χ0v) is 13.0. The van der Waals surface area contributed by atoms with E-state index in [9.17, 15) is 0 Å². The number of thiophene rings is 1. The fraction of sp³-hybridized carbons (Fsp3) is 0.333. The second-order valence-electron chi connectivity index (χ2n) is 4.82. The van der Waals surface area contributed by atoms with Gasteiger partial charge in [0.1, 0.15) is 5.75 Å². The Morgan fingerprint density at radius 1 is 1.37 bits per heavy atom. The van der Waals surface area contributed by atoms with Crippen molar-refractivity contribution in [2.24, 2.45) is 5.73 Å². The lowest BCUT2D eigenvalue weighted by molar-refractivity contribution is 0.357. The summed E-state index contributed by atoms with van der Waals surface area (Å²) >= 11 is 5.27. The molecule has 3 rings (SSSR count). The number of rotatable bonds is 4. The van der Waals surface area contributed by atoms with E-state index in [0.717, 1.165) is 36.1 Å². The first-order valence-electron chi connectivity index (χ1n) is 6.47. The SMILES string of the molecule is NC(CCc1ccc2c(c1)CCO2)c1sccc1Br. The molecule has 0 aliphatic carbocycles. The topological polar surface area (TPSA) is 35.2 Å². The van der Waals surface area contributed by atoms with Crippen LogP contribution in [-0.2, 0) is 12.8 Å². The Bertz CT molecular complexity index is 581. The summed E-state index contributed by atoms with van der Waals surface area (Å²) in [5.74, 6) is 1.05. The van der Waals surface area contributed by atoms with E-state index >= 15 is 0 Å². The third kappa shape index (κ3) is 2.86. The highest BCUT2D eigenvalue weighted by molar-refractivity contribution is 9.10. The Morgan fingerprint density at radius 2 is 2.26 bits per heavy atom. The monoisotopic (exact) mass is 337 g/mol. The summed E-state index contributed by atoms with van der Waals surface area (Å²) in [7, 11) is 0. The molecular formula is C15H16BrNOS. The molecular weight excluding hydrogens is 322 g/mol. The average Bonchev–Trinajstić information content (AvgIpc) is 3.03. The fourth-order valence-electron chi connectivity index (χ4n) is 2.42. The maximum absolute atomic E-state index is 6.26. The van der Waals surface area contributed by atoms with Crippen molar-refractivity contribution in [1.29, 1.82) is 0 Å². The van der Waals surface area contributed by atoms with E-state index in [2.05, 4.69) is 45.6 Å². The molecule has 1 atom stereocenters. The molecule has 0 saturated heterocycles. The highest BCUT2D eigenvalue weighted by Gasteiger charge is 2.14. The Hall–Kier alpha value is -0.840. The Morgan fingerprint density at radius 3 is 3.05 bits per heavy atom. The molecule has 1 aromatic carbocycles. The zero-order valence-electron chi connectivity index (χ0n) is 10.6. The lowest BCUT2D eigenvalue weighted by Gasteiger charge is -2.11. The zero-order chi connectivity index (χ0) is 13.2. The van der Waals surface area contributed by atoms with Crippen molar-refractivity contribution in [3.8, 4) is 5.75 Å². The summed E-state index contributed by atoms with van der Waals surface area (Å²) in [6.45, 7) is 0.820. The van der Waals surface area contributed by atoms with Gasteiger partial charge in [0.25, 0.3) is 0 Å². The van der Waals surface area contributed by atoms with Crippen LogP contribution in [-0.4, -0.2) is 6.61 Å². The first-order valence-corrected chi connectivity index (χ1v) is 8.14. The van der Waals surface area contributed by atoms with Gasteiger partial charge in [0.15, 0.2) is 0 Å². The normalized spacial score (nSPS) is 15.1. The van der Waals surface area contributed by atoms with Crippen molar-refractivity contribution in [2.75, 3.05) is 6.61 Å². The third-order valence-electron chi connectivity index (χ3n) is 3.48. The van der Waals surface area contributed by atoms with E-state index in [1.54, 1.807) is 11.3 Å². The predicted octanol–water partition coefficient (Wildman–Crippen LogP) is 4.08. The molecule has 1 aromatic heterocycles. The second kappa shape index (κ2) is 5.65. The van der Waals surface area contributed by atoms with E-state index in [1.807, 2.05) is 0 Å². The van der Waals surface area contributed by atoms with Crippen LogP contribution in [0.1, 0.15) is 28.5 Å². The highest BCUT2D eigenvalue weighted by atomic mass is 79.9. The van der Waals surface area contributed by atoms with Crippen LogP contribution in [0.5, 0.6) is 5.75 Å². The van der Waals surface area contributed by atoms with Gasteiger partial charge in [-0.05, 0) is 57.4 Å². The summed E-state index contributed by atoms with van der Waals surface area (Å²) < 4.78 is 6.66. The van der Waals surface area contributed by atoms with E-state index in [4.69, 9.17) is 10.5 Å². The van der Waals surface area contributed by atoms with Gasteiger partial charge < -0.3 is 10.5 Å². The van der Waals surface area contributed by atoms with Gasteiger partial charge in [-0.1, -0.05) is 12.1 Å². The van der Waals surface area contributed by atoms with Crippen LogP contribution in [0.2, 0.25) is 0 Å². The van der Waals surface area contributed by atoms with Gasteiger partial charge in [-0.15, -0.1) is 11.3 Å². The highest BCUT2D eigenvalue weighted by Crippen LogP contribution is 2.31. The number of benzene rings is 1. The van der Waals surface area contributed by atoms with Crippen molar-refractivity contribution < 1.29 is 4.74 Å². The lowest BCUT2D eigenvalue weighted by Crippen LogP contribution is -2.10. The molecule has 2 heterocycles. The number of ether oxygens (including phenoxy) is 1. The summed E-state index contributed by atoms with van der Waals surface area (Å²) in [5.41, 5.74) is 8.95. The van der Waals surface area contributed by atoms with E-state index in [1.165, 1.54) is 16.0 Å². The summed E-state index contributed by atoms with van der Waals surface area (Å²) in [4.78, 5) is 1.24. The van der Waals surface area contributed by atoms with Gasteiger partial charge in [-0.2, -0.15) is 0 Å². The van der Waals surface area contributed by atoms with Gasteiger partial charge in [-0.3, -0.25) is 0 Å². The van der Waals surface area contributed by atoms with Gasteiger partial charge >= 0.3 is 0 Å². The minimum absolute atomic E-state index is 0.110. The van der Waals surface area contributed by atoms with Crippen LogP contribution in [0.3, 0.4) is 0 Å². The van der Waals surface area contributed by atoms with Crippen LogP contribution in [0.25, 0.3) is 0 Å². The minimum atomic E-state index is 0.110. The smallest absolute Gasteiger partial charge is 0.122 e. The number of hydrogen-bond acceptors (Lipinski definition) is 3. The summed E-state index contributed by atoms with van der Waals surface area (Å²) in [6.07, 6.45) is 3.02. The van der Waals surface area contributed by atoms with Crippen LogP contribution in [0.15, 0.2) is 34.1 Å². The largest absolute Gasteiger partial charge is 0.493 e. The lowest BCUT2D eigenvalue weighted by atomic mass is 10.0. The third-order valence-corrected chi connectivity index (χ3v) is 5.48. The molecule has 2 nitrogen and oxygen atoms in total. The Labute approximate surface area is 125 Å². The molecule has 0 saturated carbocycles. The standard InChI is InChI=1S/C15H16BrNOS/c16-12-6-8-19-15(12)13(17)3-1-10-2-4-14-11(9-10)5-7-18-14/h2,4,6,8-9,13H,1,3,5,7,17H2. The van der Waals surface area contributed by atoms with Crippen molar-refractivity contribution in [2.45, 2.75) is 25.3 Å². The average molecular weight is 338 g/mol. The van der Waals surface area contributed by atoms with Crippen LogP contribution < -0.4 is 10.5 Å². The number of hydrogen-bond donors (Lipinski definition) is 1. The van der Waals surface area contributed by atoms with Crippen molar-refractivity contribution in [3.05, 3.63) is 50.1 Å². The predicted molar refractivity (Wildman–Crippen MR) is 82.9 cm³/mol. The number of nitrogens with two attached hydrogens (primary N) is 1. The molecule has 0 fully saturated rings. The van der Waals surface area contributed by atoms with E-state index < -0.39 is 0 Å². The molecule has 100 valence electrons. The van der Waals surface area contributed by atoms with Gasteiger partial charge in [0.2, 0.25) is 0 Å². The van der Waals surface area contributed by atoms with Crippen molar-refractivity contribution in [3.63, 3.8) is 0 Å². The molecule has 2 N–H and O–H groups in total. The molecule has 1 aliphatic rings. The van der Waals surface area contributed by atoms with Crippen LogP contribution in [0, 0.1) is 0 Å². The maximum atomic E-state index is 6.26. The number of fused-ring (bicyclic) bond motifs is 1. The molecule has 19 heavy (non-hydrogen) atoms. The molecule has 0 spiro atoms. The van der Waals surface area contributed by atoms with Crippen molar-refractivity contribution in [1.82, 2.24) is 0 Å². The van der Waals surface area contributed by atoms with Gasteiger partial charge in [0, 0.05) is 21.8 Å². The quantitative estimate of drug-likeness (QED) is 0.912. The van der Waals surface area contributed by atoms with E-state index in [-0.39, 0.29) is 6.04 Å². The second-order valence-corrected chi connectivity index (χ2v) is 6.62. The molecule has 0 radical (unpaired) electrons. The number of halogens is 1. The van der Waals surface area contributed by atoms with E-state index in [0.29, 0.717) is 0 Å². The van der Waals surface area contributed by atoms with Gasteiger partial charge in [0.05, 0.1) is 6.61 Å². The molecule has 4 heteroatoms.